The zero-order valence-electron chi connectivity index (χ0n) is 17.8. The molecule has 0 radical (unpaired) electrons. The van der Waals surface area contributed by atoms with E-state index in [0.29, 0.717) is 56.3 Å². The number of amides is 2. The molecule has 31 heavy (non-hydrogen) atoms. The van der Waals surface area contributed by atoms with Crippen LogP contribution in [0.1, 0.15) is 20.7 Å². The van der Waals surface area contributed by atoms with Crippen LogP contribution in [-0.4, -0.2) is 81.3 Å². The van der Waals surface area contributed by atoms with Crippen LogP contribution >= 0.6 is 0 Å². The van der Waals surface area contributed by atoms with Crippen LogP contribution in [0.5, 0.6) is 5.75 Å². The van der Waals surface area contributed by atoms with Gasteiger partial charge in [0.2, 0.25) is 0 Å². The number of halogens is 1. The molecular weight excluding hydrogens is 403 g/mol. The Hall–Kier alpha value is -2.97. The van der Waals surface area contributed by atoms with Crippen molar-refractivity contribution in [1.82, 2.24) is 9.80 Å². The second kappa shape index (κ2) is 10.9. The van der Waals surface area contributed by atoms with Crippen molar-refractivity contribution in [3.8, 4) is 5.75 Å². The van der Waals surface area contributed by atoms with E-state index in [1.54, 1.807) is 54.4 Å². The van der Waals surface area contributed by atoms with Crippen LogP contribution in [0.4, 0.5) is 4.39 Å². The highest BCUT2D eigenvalue weighted by molar-refractivity contribution is 5.95. The largest absolute Gasteiger partial charge is 0.497 e. The first-order valence-electron chi connectivity index (χ1n) is 10.1. The van der Waals surface area contributed by atoms with Gasteiger partial charge in [-0.3, -0.25) is 9.59 Å². The molecule has 2 aromatic carbocycles. The van der Waals surface area contributed by atoms with E-state index in [4.69, 9.17) is 14.2 Å². The number of rotatable bonds is 8. The number of methoxy groups -OCH3 is 2. The molecule has 8 heteroatoms. The topological polar surface area (TPSA) is 68.3 Å². The van der Waals surface area contributed by atoms with Gasteiger partial charge in [-0.25, -0.2) is 4.39 Å². The molecule has 0 saturated carbocycles. The van der Waals surface area contributed by atoms with Gasteiger partial charge in [0.1, 0.15) is 11.6 Å². The fraction of sp³-hybridized carbons (Fsp3) is 0.391. The van der Waals surface area contributed by atoms with Crippen LogP contribution in [-0.2, 0) is 9.47 Å². The highest BCUT2D eigenvalue weighted by Crippen LogP contribution is 2.16. The fourth-order valence-corrected chi connectivity index (χ4v) is 3.46. The van der Waals surface area contributed by atoms with Crippen LogP contribution in [0.2, 0.25) is 0 Å². The molecule has 1 aliphatic rings. The maximum absolute atomic E-state index is 13.5. The number of hydrogen-bond acceptors (Lipinski definition) is 5. The maximum Gasteiger partial charge on any atom is 0.254 e. The van der Waals surface area contributed by atoms with Crippen molar-refractivity contribution in [2.45, 2.75) is 6.10 Å². The summed E-state index contributed by atoms with van der Waals surface area (Å²) in [5.74, 6) is -0.191. The molecule has 7 nitrogen and oxygen atoms in total. The third-order valence-electron chi connectivity index (χ3n) is 5.11. The van der Waals surface area contributed by atoms with Gasteiger partial charge in [-0.2, -0.15) is 0 Å². The van der Waals surface area contributed by atoms with E-state index in [2.05, 4.69) is 0 Å². The molecule has 1 atom stereocenters. The van der Waals surface area contributed by atoms with Crippen LogP contribution in [0, 0.1) is 5.82 Å². The summed E-state index contributed by atoms with van der Waals surface area (Å²) in [6, 6.07) is 12.5. The zero-order chi connectivity index (χ0) is 22.2. The number of morpholine rings is 1. The summed E-state index contributed by atoms with van der Waals surface area (Å²) in [4.78, 5) is 29.1. The second-order valence-electron chi connectivity index (χ2n) is 7.23. The highest BCUT2D eigenvalue weighted by Gasteiger charge is 2.28. The summed E-state index contributed by atoms with van der Waals surface area (Å²) in [6.07, 6.45) is -0.356. The molecule has 1 fully saturated rings. The van der Waals surface area contributed by atoms with Crippen molar-refractivity contribution in [3.05, 3.63) is 65.5 Å². The van der Waals surface area contributed by atoms with Gasteiger partial charge in [-0.15, -0.1) is 0 Å². The van der Waals surface area contributed by atoms with Crippen LogP contribution in [0.15, 0.2) is 48.5 Å². The van der Waals surface area contributed by atoms with E-state index in [-0.39, 0.29) is 17.9 Å². The quantitative estimate of drug-likeness (QED) is 0.644. The summed E-state index contributed by atoms with van der Waals surface area (Å²) >= 11 is 0. The second-order valence-corrected chi connectivity index (χ2v) is 7.23. The Morgan fingerprint density at radius 3 is 2.61 bits per heavy atom. The van der Waals surface area contributed by atoms with Crippen molar-refractivity contribution >= 4 is 11.8 Å². The Kier molecular flexibility index (Phi) is 7.97. The predicted octanol–water partition coefficient (Wildman–Crippen LogP) is 2.46. The number of carbonyl (C=O) groups is 2. The third-order valence-corrected chi connectivity index (χ3v) is 5.11. The Balaban J connectivity index is 1.68. The van der Waals surface area contributed by atoms with Crippen molar-refractivity contribution in [2.24, 2.45) is 0 Å². The van der Waals surface area contributed by atoms with Gasteiger partial charge in [0.25, 0.3) is 11.8 Å². The van der Waals surface area contributed by atoms with Crippen molar-refractivity contribution in [1.29, 1.82) is 0 Å². The molecule has 166 valence electrons. The molecule has 2 amide bonds. The average molecular weight is 430 g/mol. The number of nitrogens with zero attached hydrogens (tertiary/aromatic N) is 2. The first kappa shape index (κ1) is 22.7. The Morgan fingerprint density at radius 2 is 1.94 bits per heavy atom. The minimum Gasteiger partial charge on any atom is -0.497 e. The van der Waals surface area contributed by atoms with Crippen LogP contribution < -0.4 is 4.74 Å². The molecule has 0 spiro atoms. The van der Waals surface area contributed by atoms with E-state index in [1.807, 2.05) is 0 Å². The van der Waals surface area contributed by atoms with E-state index in [0.717, 1.165) is 0 Å². The van der Waals surface area contributed by atoms with E-state index in [1.165, 1.54) is 18.2 Å². The standard InChI is InChI=1S/C23H27FN2O5/c1-29-12-10-25(22(27)17-6-8-20(30-2)9-7-17)15-21-16-26(11-13-31-21)23(28)18-4-3-5-19(24)14-18/h3-9,14,21H,10-13,15-16H2,1-2H3. The van der Waals surface area contributed by atoms with Gasteiger partial charge in [-0.05, 0) is 42.5 Å². The molecule has 1 heterocycles. The molecule has 3 rings (SSSR count). The number of hydrogen-bond donors (Lipinski definition) is 0. The SMILES string of the molecule is COCCN(CC1CN(C(=O)c2cccc(F)c2)CCO1)C(=O)c1ccc(OC)cc1. The summed E-state index contributed by atoms with van der Waals surface area (Å²) in [6.45, 7) is 2.15. The molecule has 2 aromatic rings. The first-order valence-corrected chi connectivity index (χ1v) is 10.1. The van der Waals surface area contributed by atoms with Gasteiger partial charge in [-0.1, -0.05) is 6.07 Å². The first-order chi connectivity index (χ1) is 15.0. The van der Waals surface area contributed by atoms with Crippen molar-refractivity contribution in [2.75, 3.05) is 53.6 Å². The molecule has 1 unspecified atom stereocenters. The Morgan fingerprint density at radius 1 is 1.16 bits per heavy atom. The zero-order valence-corrected chi connectivity index (χ0v) is 17.8. The van der Waals surface area contributed by atoms with E-state index < -0.39 is 5.82 Å². The molecule has 0 bridgehead atoms. The highest BCUT2D eigenvalue weighted by atomic mass is 19.1. The lowest BCUT2D eigenvalue weighted by Gasteiger charge is -2.36. The van der Waals surface area contributed by atoms with Gasteiger partial charge >= 0.3 is 0 Å². The fourth-order valence-electron chi connectivity index (χ4n) is 3.46. The Labute approximate surface area is 181 Å². The minimum absolute atomic E-state index is 0.156. The van der Waals surface area contributed by atoms with Gasteiger partial charge in [0.15, 0.2) is 0 Å². The van der Waals surface area contributed by atoms with Crippen molar-refractivity contribution < 1.29 is 28.2 Å². The number of ether oxygens (including phenoxy) is 3. The van der Waals surface area contributed by atoms with Crippen molar-refractivity contribution in [3.63, 3.8) is 0 Å². The summed E-state index contributed by atoms with van der Waals surface area (Å²) in [7, 11) is 3.14. The van der Waals surface area contributed by atoms with Gasteiger partial charge < -0.3 is 24.0 Å². The molecule has 0 N–H and O–H groups in total. The predicted molar refractivity (Wildman–Crippen MR) is 113 cm³/mol. The minimum atomic E-state index is -0.452. The molecule has 1 aliphatic heterocycles. The van der Waals surface area contributed by atoms with Crippen LogP contribution in [0.3, 0.4) is 0 Å². The molecule has 0 aromatic heterocycles. The van der Waals surface area contributed by atoms with E-state index >= 15 is 0 Å². The summed E-state index contributed by atoms with van der Waals surface area (Å²) in [5, 5.41) is 0. The number of benzene rings is 2. The van der Waals surface area contributed by atoms with Gasteiger partial charge in [0.05, 0.1) is 26.4 Å². The lowest BCUT2D eigenvalue weighted by molar-refractivity contribution is -0.0347. The van der Waals surface area contributed by atoms with Gasteiger partial charge in [0, 0.05) is 44.4 Å². The van der Waals surface area contributed by atoms with E-state index in [9.17, 15) is 14.0 Å². The third kappa shape index (κ3) is 6.02. The average Bonchev–Trinajstić information content (AvgIpc) is 2.81. The Bertz CT molecular complexity index is 890. The molecular formula is C23H27FN2O5. The monoisotopic (exact) mass is 430 g/mol. The smallest absolute Gasteiger partial charge is 0.254 e. The number of carbonyl (C=O) groups excluding carboxylic acids is 2. The lowest BCUT2D eigenvalue weighted by atomic mass is 10.1. The normalized spacial score (nSPS) is 16.1. The molecule has 1 saturated heterocycles. The maximum atomic E-state index is 13.5. The molecule has 0 aliphatic carbocycles. The summed E-state index contributed by atoms with van der Waals surface area (Å²) in [5.41, 5.74) is 0.826. The van der Waals surface area contributed by atoms with Crippen LogP contribution in [0.25, 0.3) is 0 Å². The lowest BCUT2D eigenvalue weighted by Crippen LogP contribution is -2.51. The summed E-state index contributed by atoms with van der Waals surface area (Å²) < 4.78 is 29.6.